The van der Waals surface area contributed by atoms with E-state index in [-0.39, 0.29) is 21.9 Å². The highest BCUT2D eigenvalue weighted by Crippen LogP contribution is 2.37. The number of aliphatic imine (C=N–C) groups is 1. The van der Waals surface area contributed by atoms with E-state index in [2.05, 4.69) is 27.5 Å². The molecule has 2 aromatic rings. The number of benzene rings is 1. The molecule has 1 aromatic carbocycles. The zero-order chi connectivity index (χ0) is 29.0. The van der Waals surface area contributed by atoms with E-state index in [0.717, 1.165) is 38.8 Å². The number of nitrogens with zero attached hydrogens (tertiary/aromatic N) is 4. The van der Waals surface area contributed by atoms with Crippen LogP contribution in [-0.2, 0) is 13.0 Å². The first kappa shape index (κ1) is 29.6. The summed E-state index contributed by atoms with van der Waals surface area (Å²) in [4.78, 5) is 37.0. The molecule has 4 rings (SSSR count). The molecule has 1 aromatic heterocycles. The maximum absolute atomic E-state index is 13.0. The normalized spacial score (nSPS) is 17.6. The van der Waals surface area contributed by atoms with Crippen LogP contribution in [0.4, 0.5) is 5.69 Å². The van der Waals surface area contributed by atoms with Crippen LogP contribution in [0.5, 0.6) is 5.88 Å². The minimum absolute atomic E-state index is 0.102. The van der Waals surface area contributed by atoms with Gasteiger partial charge >= 0.3 is 0 Å². The highest BCUT2D eigenvalue weighted by Gasteiger charge is 2.29. The Bertz CT molecular complexity index is 1400. The van der Waals surface area contributed by atoms with E-state index in [9.17, 15) is 14.7 Å². The van der Waals surface area contributed by atoms with Gasteiger partial charge in [-0.1, -0.05) is 36.4 Å². The number of carbonyl (C=O) groups is 1. The number of piperidine rings is 1. The molecule has 2 aliphatic heterocycles. The fraction of sp³-hybridized carbons (Fsp3) is 0.462. The zero-order valence-electron chi connectivity index (χ0n) is 22.7. The standard InChI is InChI=1S/C26H36ClN9O3S/c1-26(14-28)9-12-35(13-10-26)25(30)34-20(29)23(31-2)40-16-7-5-6-15(19(16)27)32-21(37)18-22(38)33-17-8-3-4-11-36(17)24(18)39/h5-7,31,38H,3-4,8-14,28-29H2,1-2H3,(H2,30,34)(H,32,37)/b23-20+. The number of thioether (sulfide) groups is 1. The van der Waals surface area contributed by atoms with Gasteiger partial charge in [-0.25, -0.2) is 0 Å². The molecule has 9 N–H and O–H groups in total. The Morgan fingerprint density at radius 3 is 2.65 bits per heavy atom. The van der Waals surface area contributed by atoms with Gasteiger partial charge in [-0.05, 0) is 49.8 Å². The molecule has 0 saturated carbocycles. The predicted molar refractivity (Wildman–Crippen MR) is 158 cm³/mol. The van der Waals surface area contributed by atoms with Crippen LogP contribution in [0.1, 0.15) is 48.8 Å². The van der Waals surface area contributed by atoms with Crippen molar-refractivity contribution in [1.29, 1.82) is 0 Å². The largest absolute Gasteiger partial charge is 0.493 e. The van der Waals surface area contributed by atoms with Gasteiger partial charge in [-0.3, -0.25) is 14.2 Å². The zero-order valence-corrected chi connectivity index (χ0v) is 24.2. The summed E-state index contributed by atoms with van der Waals surface area (Å²) in [6, 6.07) is 5.05. The Hall–Kier alpha value is -3.42. The molecule has 14 heteroatoms. The lowest BCUT2D eigenvalue weighted by Gasteiger charge is -2.39. The number of halogens is 1. The molecule has 1 saturated heterocycles. The molecule has 40 heavy (non-hydrogen) atoms. The van der Waals surface area contributed by atoms with Crippen molar-refractivity contribution in [2.75, 3.05) is 32.0 Å². The van der Waals surface area contributed by atoms with Crippen molar-refractivity contribution in [2.45, 2.75) is 50.5 Å². The monoisotopic (exact) mass is 589 g/mol. The first-order chi connectivity index (χ1) is 19.1. The molecular formula is C26H36ClN9O3S. The Kier molecular flexibility index (Phi) is 9.16. The third-order valence-corrected chi connectivity index (χ3v) is 9.09. The van der Waals surface area contributed by atoms with E-state index in [1.807, 2.05) is 4.90 Å². The van der Waals surface area contributed by atoms with Gasteiger partial charge in [0.2, 0.25) is 5.88 Å². The summed E-state index contributed by atoms with van der Waals surface area (Å²) in [5.41, 5.74) is 17.8. The molecule has 0 atom stereocenters. The molecule has 3 heterocycles. The van der Waals surface area contributed by atoms with Crippen LogP contribution >= 0.6 is 23.4 Å². The van der Waals surface area contributed by atoms with Gasteiger partial charge in [-0.15, -0.1) is 0 Å². The molecule has 12 nitrogen and oxygen atoms in total. The second kappa shape index (κ2) is 12.4. The van der Waals surface area contributed by atoms with E-state index < -0.39 is 22.9 Å². The number of hydrogen-bond acceptors (Lipinski definition) is 9. The summed E-state index contributed by atoms with van der Waals surface area (Å²) in [6.45, 7) is 4.73. The van der Waals surface area contributed by atoms with E-state index in [1.165, 1.54) is 16.3 Å². The highest BCUT2D eigenvalue weighted by molar-refractivity contribution is 8.03. The average Bonchev–Trinajstić information content (AvgIpc) is 2.93. The van der Waals surface area contributed by atoms with Crippen molar-refractivity contribution >= 4 is 40.9 Å². The summed E-state index contributed by atoms with van der Waals surface area (Å²) < 4.78 is 1.44. The molecular weight excluding hydrogens is 554 g/mol. The molecule has 2 aliphatic rings. The molecule has 216 valence electrons. The molecule has 1 amide bonds. The maximum atomic E-state index is 13.0. The first-order valence-corrected chi connectivity index (χ1v) is 14.3. The smallest absolute Gasteiger partial charge is 0.270 e. The Morgan fingerprint density at radius 1 is 1.25 bits per heavy atom. The molecule has 1 fully saturated rings. The molecule has 0 bridgehead atoms. The number of hydrogen-bond donors (Lipinski definition) is 6. The molecule has 0 unspecified atom stereocenters. The number of rotatable bonds is 7. The van der Waals surface area contributed by atoms with Crippen LogP contribution in [0.3, 0.4) is 0 Å². The SMILES string of the molecule is CN/C(Sc1cccc(NC(=O)c2c(O)nc3n(c2=O)CCCC3)c1Cl)=C(N)\N=C(/N)N1CCC(C)(CN)CC1. The fourth-order valence-electron chi connectivity index (χ4n) is 4.70. The number of nitrogens with two attached hydrogens (primary N) is 3. The third kappa shape index (κ3) is 6.31. The summed E-state index contributed by atoms with van der Waals surface area (Å²) >= 11 is 7.85. The molecule has 0 spiro atoms. The van der Waals surface area contributed by atoms with E-state index >= 15 is 0 Å². The van der Waals surface area contributed by atoms with Gasteiger partial charge in [0.25, 0.3) is 11.5 Å². The topological polar surface area (TPSA) is 190 Å². The van der Waals surface area contributed by atoms with Gasteiger partial charge in [0.05, 0.1) is 10.7 Å². The van der Waals surface area contributed by atoms with Crippen molar-refractivity contribution < 1.29 is 9.90 Å². The Balaban J connectivity index is 1.52. The lowest BCUT2D eigenvalue weighted by molar-refractivity contribution is 0.102. The fourth-order valence-corrected chi connectivity index (χ4v) is 5.80. The van der Waals surface area contributed by atoms with Crippen molar-refractivity contribution in [3.05, 3.63) is 55.8 Å². The first-order valence-electron chi connectivity index (χ1n) is 13.1. The van der Waals surface area contributed by atoms with Crippen LogP contribution in [0.2, 0.25) is 5.02 Å². The Morgan fingerprint density at radius 2 is 1.98 bits per heavy atom. The second-order valence-corrected chi connectivity index (χ2v) is 11.7. The average molecular weight is 590 g/mol. The van der Waals surface area contributed by atoms with Crippen LogP contribution < -0.4 is 33.4 Å². The molecule has 0 radical (unpaired) electrons. The van der Waals surface area contributed by atoms with Crippen molar-refractivity contribution in [1.82, 2.24) is 19.8 Å². The minimum Gasteiger partial charge on any atom is -0.493 e. The number of aromatic hydroxyl groups is 1. The van der Waals surface area contributed by atoms with Crippen molar-refractivity contribution in [3.8, 4) is 5.88 Å². The van der Waals surface area contributed by atoms with E-state index in [1.54, 1.807) is 25.2 Å². The number of carbonyl (C=O) groups excluding carboxylic acids is 1. The number of nitrogens with one attached hydrogen (secondary N) is 2. The number of aromatic nitrogens is 2. The highest BCUT2D eigenvalue weighted by atomic mass is 35.5. The van der Waals surface area contributed by atoms with Gasteiger partial charge in [0.1, 0.15) is 10.9 Å². The number of amides is 1. The van der Waals surface area contributed by atoms with Crippen LogP contribution in [0, 0.1) is 5.41 Å². The van der Waals surface area contributed by atoms with Crippen LogP contribution in [0.25, 0.3) is 0 Å². The third-order valence-electron chi connectivity index (χ3n) is 7.39. The number of likely N-dealkylation sites (tertiary alicyclic amines) is 1. The van der Waals surface area contributed by atoms with Gasteiger partial charge in [0.15, 0.2) is 17.3 Å². The lowest BCUT2D eigenvalue weighted by Crippen LogP contribution is -2.47. The summed E-state index contributed by atoms with van der Waals surface area (Å²) in [7, 11) is 1.70. The van der Waals surface area contributed by atoms with Crippen LogP contribution in [0.15, 0.2) is 43.7 Å². The second-order valence-electron chi connectivity index (χ2n) is 10.3. The van der Waals surface area contributed by atoms with E-state index in [0.29, 0.717) is 41.2 Å². The van der Waals surface area contributed by atoms with Gasteiger partial charge in [0, 0.05) is 38.0 Å². The number of fused-ring (bicyclic) bond motifs is 1. The minimum atomic E-state index is -0.798. The predicted octanol–water partition coefficient (Wildman–Crippen LogP) is 1.96. The molecule has 0 aliphatic carbocycles. The van der Waals surface area contributed by atoms with Gasteiger partial charge < -0.3 is 37.8 Å². The number of anilines is 1. The maximum Gasteiger partial charge on any atom is 0.270 e. The van der Waals surface area contributed by atoms with Gasteiger partial charge in [-0.2, -0.15) is 9.98 Å². The Labute approximate surface area is 242 Å². The number of guanidine groups is 1. The quantitative estimate of drug-likeness (QED) is 0.158. The summed E-state index contributed by atoms with van der Waals surface area (Å²) in [6.07, 6.45) is 4.07. The summed E-state index contributed by atoms with van der Waals surface area (Å²) in [5.74, 6) is -0.415. The van der Waals surface area contributed by atoms with Crippen molar-refractivity contribution in [3.63, 3.8) is 0 Å². The summed E-state index contributed by atoms with van der Waals surface area (Å²) in [5, 5.41) is 16.7. The van der Waals surface area contributed by atoms with Crippen LogP contribution in [-0.4, -0.2) is 58.1 Å². The van der Waals surface area contributed by atoms with Crippen molar-refractivity contribution in [2.24, 2.45) is 27.6 Å². The van der Waals surface area contributed by atoms with E-state index in [4.69, 9.17) is 28.8 Å². The number of aryl methyl sites for hydroxylation is 1. The lowest BCUT2D eigenvalue weighted by atomic mass is 9.81.